The average Bonchev–Trinajstić information content (AvgIpc) is 3.39. The smallest absolute Gasteiger partial charge is 0.308 e. The van der Waals surface area contributed by atoms with E-state index in [-0.39, 0.29) is 17.2 Å². The lowest BCUT2D eigenvalue weighted by molar-refractivity contribution is -0.133. The fraction of sp³-hybridized carbons (Fsp3) is 0.184. The Bertz CT molecular complexity index is 1920. The van der Waals surface area contributed by atoms with Gasteiger partial charge in [-0.25, -0.2) is 0 Å². The molecule has 0 fully saturated rings. The molecule has 1 heterocycles. The van der Waals surface area contributed by atoms with Gasteiger partial charge in [0.2, 0.25) is 0 Å². The summed E-state index contributed by atoms with van der Waals surface area (Å²) >= 11 is 0. The maximum atomic E-state index is 12.0. The summed E-state index contributed by atoms with van der Waals surface area (Å²) in [6.45, 7) is 6.44. The third kappa shape index (κ3) is 8.77. The Labute approximate surface area is 282 Å². The van der Waals surface area contributed by atoms with Crippen LogP contribution >= 0.6 is 0 Å². The molecule has 0 bridgehead atoms. The van der Waals surface area contributed by atoms with Gasteiger partial charge < -0.3 is 28.4 Å². The number of hydrogen-bond donors (Lipinski definition) is 0. The van der Waals surface area contributed by atoms with Crippen molar-refractivity contribution in [3.8, 4) is 34.5 Å². The second-order valence-electron chi connectivity index (χ2n) is 11.1. The zero-order valence-electron chi connectivity index (χ0n) is 27.3. The Morgan fingerprint density at radius 1 is 0.510 bits per heavy atom. The number of hydrogen-bond acceptors (Lipinski definition) is 11. The topological polar surface area (TPSA) is 141 Å². The van der Waals surface area contributed by atoms with Crippen molar-refractivity contribution in [2.75, 3.05) is 0 Å². The SMILES string of the molecule is CC(=O)Oc1ccc(/C=C/c2cc(OC(C)=O)cc3c2[C@H](c2cc(OC(C)=O)cc(OC(C)=O)c2)[C@@H](c2ccc(OC(C)=O)cc2)O3)cc1. The first-order valence-electron chi connectivity index (χ1n) is 15.1. The summed E-state index contributed by atoms with van der Waals surface area (Å²) < 4.78 is 33.3. The molecule has 0 saturated carbocycles. The van der Waals surface area contributed by atoms with Gasteiger partial charge in [0.1, 0.15) is 40.6 Å². The predicted molar refractivity (Wildman–Crippen MR) is 176 cm³/mol. The summed E-state index contributed by atoms with van der Waals surface area (Å²) in [6.07, 6.45) is 2.97. The van der Waals surface area contributed by atoms with E-state index >= 15 is 0 Å². The lowest BCUT2D eigenvalue weighted by Crippen LogP contribution is -2.13. The van der Waals surface area contributed by atoms with E-state index in [1.54, 1.807) is 72.8 Å². The van der Waals surface area contributed by atoms with E-state index < -0.39 is 41.9 Å². The monoisotopic (exact) mass is 664 g/mol. The molecule has 11 nitrogen and oxygen atoms in total. The Kier molecular flexibility index (Phi) is 10.2. The van der Waals surface area contributed by atoms with Gasteiger partial charge in [-0.3, -0.25) is 24.0 Å². The molecule has 250 valence electrons. The van der Waals surface area contributed by atoms with Crippen LogP contribution in [0.2, 0.25) is 0 Å². The van der Waals surface area contributed by atoms with Crippen LogP contribution in [-0.2, 0) is 24.0 Å². The van der Waals surface area contributed by atoms with E-state index in [0.29, 0.717) is 39.5 Å². The lowest BCUT2D eigenvalue weighted by Gasteiger charge is -2.22. The van der Waals surface area contributed by atoms with Crippen LogP contribution in [0.15, 0.2) is 78.9 Å². The van der Waals surface area contributed by atoms with Crippen LogP contribution in [0, 0.1) is 0 Å². The van der Waals surface area contributed by atoms with Crippen LogP contribution in [0.3, 0.4) is 0 Å². The summed E-state index contributed by atoms with van der Waals surface area (Å²) in [5, 5.41) is 0. The number of fused-ring (bicyclic) bond motifs is 1. The largest absolute Gasteiger partial charge is 0.484 e. The molecule has 0 amide bonds. The maximum Gasteiger partial charge on any atom is 0.308 e. The van der Waals surface area contributed by atoms with Crippen molar-refractivity contribution in [2.45, 2.75) is 46.6 Å². The number of esters is 5. The van der Waals surface area contributed by atoms with Gasteiger partial charge in [-0.05, 0) is 64.7 Å². The van der Waals surface area contributed by atoms with Crippen molar-refractivity contribution >= 4 is 42.0 Å². The summed E-state index contributed by atoms with van der Waals surface area (Å²) in [6, 6.07) is 21.8. The van der Waals surface area contributed by atoms with Crippen molar-refractivity contribution in [3.63, 3.8) is 0 Å². The van der Waals surface area contributed by atoms with Crippen LogP contribution in [-0.4, -0.2) is 29.8 Å². The van der Waals surface area contributed by atoms with E-state index in [0.717, 1.165) is 5.56 Å². The van der Waals surface area contributed by atoms with Gasteiger partial charge in [-0.15, -0.1) is 0 Å². The van der Waals surface area contributed by atoms with Crippen LogP contribution < -0.4 is 28.4 Å². The third-order valence-electron chi connectivity index (χ3n) is 7.13. The van der Waals surface area contributed by atoms with Crippen molar-refractivity contribution in [1.82, 2.24) is 0 Å². The van der Waals surface area contributed by atoms with E-state index in [4.69, 9.17) is 28.4 Å². The highest BCUT2D eigenvalue weighted by molar-refractivity contribution is 5.78. The normalized spacial score (nSPS) is 14.7. The molecule has 0 N–H and O–H groups in total. The molecule has 0 aliphatic carbocycles. The predicted octanol–water partition coefficient (Wildman–Crippen LogP) is 6.75. The van der Waals surface area contributed by atoms with Crippen LogP contribution in [0.1, 0.15) is 74.5 Å². The highest BCUT2D eigenvalue weighted by atomic mass is 16.6. The molecule has 4 aromatic carbocycles. The minimum atomic E-state index is -0.693. The van der Waals surface area contributed by atoms with Gasteiger partial charge in [0.05, 0.1) is 5.92 Å². The minimum Gasteiger partial charge on any atom is -0.484 e. The molecular formula is C38H32O11. The number of carbonyl (C=O) groups is 5. The number of benzene rings is 4. The van der Waals surface area contributed by atoms with Crippen molar-refractivity contribution < 1.29 is 52.4 Å². The fourth-order valence-electron chi connectivity index (χ4n) is 5.49. The molecular weight excluding hydrogens is 632 g/mol. The Morgan fingerprint density at radius 2 is 0.959 bits per heavy atom. The van der Waals surface area contributed by atoms with Crippen molar-refractivity contribution in [3.05, 3.63) is 107 Å². The number of ether oxygens (including phenoxy) is 6. The van der Waals surface area contributed by atoms with Gasteiger partial charge in [-0.1, -0.05) is 36.4 Å². The van der Waals surface area contributed by atoms with Gasteiger partial charge in [0.25, 0.3) is 0 Å². The quantitative estimate of drug-likeness (QED) is 0.107. The van der Waals surface area contributed by atoms with Crippen LogP contribution in [0.25, 0.3) is 12.2 Å². The van der Waals surface area contributed by atoms with Crippen LogP contribution in [0.4, 0.5) is 0 Å². The maximum absolute atomic E-state index is 12.0. The van der Waals surface area contributed by atoms with E-state index in [1.165, 1.54) is 40.7 Å². The molecule has 2 atom stereocenters. The van der Waals surface area contributed by atoms with E-state index in [1.807, 2.05) is 12.2 Å². The molecule has 11 heteroatoms. The Balaban J connectivity index is 1.69. The molecule has 0 aromatic heterocycles. The zero-order valence-corrected chi connectivity index (χ0v) is 27.3. The second kappa shape index (κ2) is 14.7. The molecule has 0 spiro atoms. The third-order valence-corrected chi connectivity index (χ3v) is 7.13. The number of carbonyl (C=O) groups excluding carboxylic acids is 5. The first-order chi connectivity index (χ1) is 23.3. The van der Waals surface area contributed by atoms with Gasteiger partial charge in [0, 0.05) is 52.3 Å². The Morgan fingerprint density at radius 3 is 1.45 bits per heavy atom. The van der Waals surface area contributed by atoms with Gasteiger partial charge >= 0.3 is 29.8 Å². The van der Waals surface area contributed by atoms with Gasteiger partial charge in [0.15, 0.2) is 0 Å². The lowest BCUT2D eigenvalue weighted by atomic mass is 9.82. The van der Waals surface area contributed by atoms with E-state index in [9.17, 15) is 24.0 Å². The molecule has 49 heavy (non-hydrogen) atoms. The molecule has 1 aliphatic rings. The highest BCUT2D eigenvalue weighted by Gasteiger charge is 2.39. The summed E-state index contributed by atoms with van der Waals surface area (Å²) in [5.74, 6) is -1.44. The minimum absolute atomic E-state index is 0.153. The molecule has 0 radical (unpaired) electrons. The van der Waals surface area contributed by atoms with Crippen molar-refractivity contribution in [1.29, 1.82) is 0 Å². The highest BCUT2D eigenvalue weighted by Crippen LogP contribution is 2.53. The first-order valence-corrected chi connectivity index (χ1v) is 15.1. The zero-order chi connectivity index (χ0) is 35.2. The second-order valence-corrected chi connectivity index (χ2v) is 11.1. The molecule has 4 aromatic rings. The fourth-order valence-corrected chi connectivity index (χ4v) is 5.49. The average molecular weight is 665 g/mol. The summed E-state index contributed by atoms with van der Waals surface area (Å²) in [4.78, 5) is 58.9. The van der Waals surface area contributed by atoms with Gasteiger partial charge in [-0.2, -0.15) is 0 Å². The Hall–Kier alpha value is -6.23. The molecule has 0 unspecified atom stereocenters. The molecule has 1 aliphatic heterocycles. The molecule has 5 rings (SSSR count). The number of rotatable bonds is 9. The van der Waals surface area contributed by atoms with Crippen molar-refractivity contribution in [2.24, 2.45) is 0 Å². The first kappa shape index (κ1) is 34.1. The molecule has 0 saturated heterocycles. The summed E-state index contributed by atoms with van der Waals surface area (Å²) in [5.41, 5.74) is 3.40. The standard InChI is InChI=1S/C38H32O11/c1-21(39)44-30-12-7-26(8-13-30)6-9-28-16-34(48-25(5)43)20-35-36(28)37(38(49-35)27-10-14-31(15-11-27)45-22(2)40)29-17-32(46-23(3)41)19-33(18-29)47-24(4)42/h6-20,37-38H,1-5H3/b9-6+/t37-,38+/m0/s1. The van der Waals surface area contributed by atoms with E-state index in [2.05, 4.69) is 0 Å². The summed E-state index contributed by atoms with van der Waals surface area (Å²) in [7, 11) is 0. The van der Waals surface area contributed by atoms with Crippen LogP contribution in [0.5, 0.6) is 34.5 Å².